The van der Waals surface area contributed by atoms with Crippen molar-refractivity contribution in [1.29, 1.82) is 0 Å². The van der Waals surface area contributed by atoms with E-state index in [1.54, 1.807) is 49.9 Å². The number of hydrogen-bond acceptors (Lipinski definition) is 4. The van der Waals surface area contributed by atoms with E-state index in [0.29, 0.717) is 32.1 Å². The number of allylic oxidation sites excluding steroid dienone is 1. The number of thioether (sulfide) groups is 1. The van der Waals surface area contributed by atoms with Crippen LogP contribution in [0, 0.1) is 0 Å². The highest BCUT2D eigenvalue weighted by molar-refractivity contribution is 7.99. The van der Waals surface area contributed by atoms with Gasteiger partial charge in [0.15, 0.2) is 16.3 Å². The Balaban J connectivity index is 2.10. The van der Waals surface area contributed by atoms with Gasteiger partial charge >= 0.3 is 5.69 Å². The lowest BCUT2D eigenvalue weighted by Gasteiger charge is -2.09. The molecular formula is C18H18Cl2N4O2S. The molecule has 0 atom stereocenters. The Morgan fingerprint density at radius 3 is 2.48 bits per heavy atom. The van der Waals surface area contributed by atoms with Crippen molar-refractivity contribution in [1.82, 2.24) is 18.7 Å². The Kier molecular flexibility index (Phi) is 5.83. The van der Waals surface area contributed by atoms with Gasteiger partial charge in [0.05, 0.1) is 6.54 Å². The summed E-state index contributed by atoms with van der Waals surface area (Å²) in [4.78, 5) is 30.2. The van der Waals surface area contributed by atoms with Crippen LogP contribution in [0.25, 0.3) is 11.2 Å². The summed E-state index contributed by atoms with van der Waals surface area (Å²) in [7, 11) is 3.39. The molecule has 2 aromatic heterocycles. The van der Waals surface area contributed by atoms with Crippen LogP contribution in [0.4, 0.5) is 0 Å². The van der Waals surface area contributed by atoms with Crippen molar-refractivity contribution >= 4 is 46.1 Å². The zero-order valence-corrected chi connectivity index (χ0v) is 17.4. The van der Waals surface area contributed by atoms with Gasteiger partial charge in [-0.2, -0.15) is 0 Å². The fourth-order valence-electron chi connectivity index (χ4n) is 2.70. The molecule has 3 rings (SSSR count). The van der Waals surface area contributed by atoms with Gasteiger partial charge in [-0.15, -0.1) is 0 Å². The molecule has 2 heterocycles. The van der Waals surface area contributed by atoms with Crippen molar-refractivity contribution in [3.05, 3.63) is 66.8 Å². The summed E-state index contributed by atoms with van der Waals surface area (Å²) in [6.45, 7) is 1.97. The molecule has 0 amide bonds. The number of rotatable bonds is 5. The molecule has 9 heteroatoms. The number of fused-ring (bicyclic) bond motifs is 1. The van der Waals surface area contributed by atoms with Crippen LogP contribution in [0.5, 0.6) is 0 Å². The van der Waals surface area contributed by atoms with Gasteiger partial charge in [0.1, 0.15) is 0 Å². The molecule has 0 spiro atoms. The standard InChI is InChI=1S/C18H18Cl2N4O2S/c1-11(19)8-9-27-17-21-15-14(22(17)2)16(25)24(18(26)23(15)3)10-12-4-6-13(20)7-5-12/h4-8H,9-10H2,1-3H3. The Morgan fingerprint density at radius 1 is 1.19 bits per heavy atom. The van der Waals surface area contributed by atoms with Crippen molar-refractivity contribution in [3.63, 3.8) is 0 Å². The molecule has 0 aliphatic carbocycles. The summed E-state index contributed by atoms with van der Waals surface area (Å²) in [5.41, 5.74) is 0.800. The van der Waals surface area contributed by atoms with Crippen molar-refractivity contribution in [2.75, 3.05) is 5.75 Å². The van der Waals surface area contributed by atoms with E-state index >= 15 is 0 Å². The van der Waals surface area contributed by atoms with Gasteiger partial charge in [0.25, 0.3) is 5.56 Å². The van der Waals surface area contributed by atoms with Gasteiger partial charge in [-0.05, 0) is 24.6 Å². The quantitative estimate of drug-likeness (QED) is 0.589. The van der Waals surface area contributed by atoms with E-state index in [1.165, 1.54) is 20.9 Å². The Morgan fingerprint density at radius 2 is 1.85 bits per heavy atom. The Bertz CT molecular complexity index is 1140. The summed E-state index contributed by atoms with van der Waals surface area (Å²) in [5.74, 6) is 0.624. The van der Waals surface area contributed by atoms with Crippen LogP contribution in [-0.4, -0.2) is 24.4 Å². The van der Waals surface area contributed by atoms with E-state index in [4.69, 9.17) is 23.2 Å². The van der Waals surface area contributed by atoms with Crippen LogP contribution < -0.4 is 11.2 Å². The predicted octanol–water partition coefficient (Wildman–Crippen LogP) is 3.37. The molecule has 0 aliphatic heterocycles. The minimum absolute atomic E-state index is 0.167. The monoisotopic (exact) mass is 424 g/mol. The lowest BCUT2D eigenvalue weighted by atomic mass is 10.2. The molecule has 0 N–H and O–H groups in total. The van der Waals surface area contributed by atoms with Gasteiger partial charge < -0.3 is 4.57 Å². The number of halogens is 2. The summed E-state index contributed by atoms with van der Waals surface area (Å²) in [6, 6.07) is 7.06. The van der Waals surface area contributed by atoms with E-state index in [1.807, 2.05) is 6.08 Å². The highest BCUT2D eigenvalue weighted by Gasteiger charge is 2.18. The van der Waals surface area contributed by atoms with Gasteiger partial charge in [0.2, 0.25) is 0 Å². The third-order valence-corrected chi connectivity index (χ3v) is 5.51. The Hall–Kier alpha value is -1.96. The Labute approximate surface area is 170 Å². The van der Waals surface area contributed by atoms with E-state index in [-0.39, 0.29) is 12.1 Å². The second kappa shape index (κ2) is 7.96. The average molecular weight is 425 g/mol. The van der Waals surface area contributed by atoms with Crippen LogP contribution >= 0.6 is 35.0 Å². The average Bonchev–Trinajstić information content (AvgIpc) is 2.95. The molecule has 0 saturated carbocycles. The van der Waals surface area contributed by atoms with E-state index in [9.17, 15) is 9.59 Å². The number of hydrogen-bond donors (Lipinski definition) is 0. The van der Waals surface area contributed by atoms with Crippen LogP contribution in [-0.2, 0) is 20.6 Å². The molecule has 3 aromatic rings. The minimum Gasteiger partial charge on any atom is -0.316 e. The first kappa shape index (κ1) is 19.8. The zero-order valence-electron chi connectivity index (χ0n) is 15.1. The molecule has 0 aliphatic rings. The lowest BCUT2D eigenvalue weighted by Crippen LogP contribution is -2.39. The summed E-state index contributed by atoms with van der Waals surface area (Å²) in [5, 5.41) is 1.94. The normalized spacial score (nSPS) is 12.1. The molecule has 0 unspecified atom stereocenters. The maximum absolute atomic E-state index is 13.0. The largest absolute Gasteiger partial charge is 0.332 e. The van der Waals surface area contributed by atoms with Crippen LogP contribution in [0.2, 0.25) is 5.02 Å². The summed E-state index contributed by atoms with van der Waals surface area (Å²) >= 11 is 13.2. The third-order valence-electron chi connectivity index (χ3n) is 4.15. The summed E-state index contributed by atoms with van der Waals surface area (Å²) < 4.78 is 4.33. The second-order valence-corrected chi connectivity index (χ2v) is 8.11. The highest BCUT2D eigenvalue weighted by atomic mass is 35.5. The molecule has 6 nitrogen and oxygen atoms in total. The van der Waals surface area contributed by atoms with Gasteiger partial charge in [-0.1, -0.05) is 53.2 Å². The molecule has 0 bridgehead atoms. The molecule has 142 valence electrons. The molecule has 1 aromatic carbocycles. The molecular weight excluding hydrogens is 407 g/mol. The number of aromatic nitrogens is 4. The molecule has 0 radical (unpaired) electrons. The first-order valence-corrected chi connectivity index (χ1v) is 9.89. The number of aryl methyl sites for hydroxylation is 2. The fourth-order valence-corrected chi connectivity index (χ4v) is 3.91. The minimum atomic E-state index is -0.409. The van der Waals surface area contributed by atoms with Crippen molar-refractivity contribution in [2.24, 2.45) is 14.1 Å². The van der Waals surface area contributed by atoms with Crippen molar-refractivity contribution < 1.29 is 0 Å². The third kappa shape index (κ3) is 4.00. The van der Waals surface area contributed by atoms with Crippen LogP contribution in [0.1, 0.15) is 12.5 Å². The topological polar surface area (TPSA) is 61.8 Å². The fraction of sp³-hybridized carbons (Fsp3) is 0.278. The number of benzene rings is 1. The lowest BCUT2D eigenvalue weighted by molar-refractivity contribution is 0.655. The van der Waals surface area contributed by atoms with Crippen LogP contribution in [0.3, 0.4) is 0 Å². The SMILES string of the molecule is CC(Cl)=CCSc1nc2c(c(=O)n(Cc3ccc(Cl)cc3)c(=O)n2C)n1C. The molecule has 0 saturated heterocycles. The van der Waals surface area contributed by atoms with Crippen molar-refractivity contribution in [2.45, 2.75) is 18.6 Å². The van der Waals surface area contributed by atoms with Gasteiger partial charge in [-0.25, -0.2) is 9.78 Å². The number of nitrogens with zero attached hydrogens (tertiary/aromatic N) is 4. The van der Waals surface area contributed by atoms with Crippen molar-refractivity contribution in [3.8, 4) is 0 Å². The van der Waals surface area contributed by atoms with E-state index in [2.05, 4.69) is 4.98 Å². The first-order valence-electron chi connectivity index (χ1n) is 8.15. The first-order chi connectivity index (χ1) is 12.8. The molecule has 0 fully saturated rings. The predicted molar refractivity (Wildman–Crippen MR) is 111 cm³/mol. The molecule has 27 heavy (non-hydrogen) atoms. The second-order valence-electron chi connectivity index (χ2n) is 6.09. The van der Waals surface area contributed by atoms with Crippen LogP contribution in [0.15, 0.2) is 50.1 Å². The zero-order chi connectivity index (χ0) is 19.7. The highest BCUT2D eigenvalue weighted by Crippen LogP contribution is 2.21. The van der Waals surface area contributed by atoms with Gasteiger partial charge in [-0.3, -0.25) is 13.9 Å². The summed E-state index contributed by atoms with van der Waals surface area (Å²) in [6.07, 6.45) is 1.86. The maximum Gasteiger partial charge on any atom is 0.332 e. The van der Waals surface area contributed by atoms with E-state index in [0.717, 1.165) is 5.56 Å². The van der Waals surface area contributed by atoms with E-state index < -0.39 is 5.69 Å². The maximum atomic E-state index is 13.0. The smallest absolute Gasteiger partial charge is 0.316 e. The van der Waals surface area contributed by atoms with Gasteiger partial charge in [0, 0.05) is 29.9 Å². The number of imidazole rings is 1.